The summed E-state index contributed by atoms with van der Waals surface area (Å²) in [5, 5.41) is 0. The smallest absolute Gasteiger partial charge is 0.166 e. The predicted molar refractivity (Wildman–Crippen MR) is 58.7 cm³/mol. The van der Waals surface area contributed by atoms with Crippen molar-refractivity contribution in [1.29, 1.82) is 0 Å². The lowest BCUT2D eigenvalue weighted by Crippen LogP contribution is -2.26. The maximum atomic E-state index is 5.72. The Kier molecular flexibility index (Phi) is 5.21. The van der Waals surface area contributed by atoms with Gasteiger partial charge in [-0.2, -0.15) is 0 Å². The lowest BCUT2D eigenvalue weighted by molar-refractivity contribution is -0.156. The van der Waals surface area contributed by atoms with Gasteiger partial charge in [0.2, 0.25) is 0 Å². The Morgan fingerprint density at radius 2 is 2.14 bits per heavy atom. The molecular weight excluding hydrogens is 200 g/mol. The summed E-state index contributed by atoms with van der Waals surface area (Å²) >= 11 is 5.71. The molecule has 1 aliphatic heterocycles. The van der Waals surface area contributed by atoms with Crippen LogP contribution in [0.25, 0.3) is 0 Å². The molecule has 0 N–H and O–H groups in total. The van der Waals surface area contributed by atoms with Gasteiger partial charge in [-0.1, -0.05) is 26.2 Å². The highest BCUT2D eigenvalue weighted by molar-refractivity contribution is 6.18. The van der Waals surface area contributed by atoms with E-state index in [4.69, 9.17) is 21.1 Å². The van der Waals surface area contributed by atoms with E-state index in [-0.39, 0.29) is 11.9 Å². The summed E-state index contributed by atoms with van der Waals surface area (Å²) in [6, 6.07) is 0. The van der Waals surface area contributed by atoms with Crippen molar-refractivity contribution in [3.05, 3.63) is 0 Å². The molecule has 0 saturated carbocycles. The van der Waals surface area contributed by atoms with E-state index < -0.39 is 0 Å². The normalized spacial score (nSPS) is 32.4. The first kappa shape index (κ1) is 12.3. The van der Waals surface area contributed by atoms with Crippen molar-refractivity contribution in [3.8, 4) is 0 Å². The fourth-order valence-electron chi connectivity index (χ4n) is 1.77. The minimum absolute atomic E-state index is 0.0906. The van der Waals surface area contributed by atoms with Crippen molar-refractivity contribution >= 4 is 11.6 Å². The summed E-state index contributed by atoms with van der Waals surface area (Å²) in [7, 11) is 0. The number of halogens is 1. The molecule has 0 unspecified atom stereocenters. The third-order valence-corrected chi connectivity index (χ3v) is 2.99. The van der Waals surface area contributed by atoms with Gasteiger partial charge in [0.25, 0.3) is 0 Å². The minimum atomic E-state index is -0.368. The van der Waals surface area contributed by atoms with Crippen molar-refractivity contribution in [2.24, 2.45) is 0 Å². The molecular formula is C11H21ClO2. The van der Waals surface area contributed by atoms with Crippen molar-refractivity contribution in [3.63, 3.8) is 0 Å². The van der Waals surface area contributed by atoms with E-state index in [0.717, 1.165) is 6.42 Å². The monoisotopic (exact) mass is 220 g/mol. The van der Waals surface area contributed by atoms with Gasteiger partial charge in [-0.25, -0.2) is 0 Å². The van der Waals surface area contributed by atoms with E-state index in [1.165, 1.54) is 25.7 Å². The van der Waals surface area contributed by atoms with Gasteiger partial charge in [-0.05, 0) is 13.3 Å². The number of alkyl halides is 1. The zero-order chi connectivity index (χ0) is 10.4. The van der Waals surface area contributed by atoms with Crippen LogP contribution in [-0.2, 0) is 9.47 Å². The summed E-state index contributed by atoms with van der Waals surface area (Å²) in [5.41, 5.74) is 0. The van der Waals surface area contributed by atoms with Crippen LogP contribution in [0.2, 0.25) is 0 Å². The van der Waals surface area contributed by atoms with Crippen LogP contribution in [0.4, 0.5) is 0 Å². The molecule has 84 valence electrons. The number of hydrogen-bond donors (Lipinski definition) is 0. The van der Waals surface area contributed by atoms with Crippen LogP contribution in [-0.4, -0.2) is 24.4 Å². The van der Waals surface area contributed by atoms with Crippen molar-refractivity contribution < 1.29 is 9.47 Å². The second-order valence-electron chi connectivity index (χ2n) is 4.15. The third kappa shape index (κ3) is 3.76. The summed E-state index contributed by atoms with van der Waals surface area (Å²) in [6.07, 6.45) is 6.09. The zero-order valence-electron chi connectivity index (χ0n) is 9.22. The van der Waals surface area contributed by atoms with Gasteiger partial charge < -0.3 is 9.47 Å². The Morgan fingerprint density at radius 3 is 2.71 bits per heavy atom. The molecule has 1 rings (SSSR count). The Bertz CT molecular complexity index is 163. The predicted octanol–water partition coefficient (Wildman–Crippen LogP) is 3.33. The molecule has 2 atom stereocenters. The molecule has 0 aliphatic carbocycles. The maximum Gasteiger partial charge on any atom is 0.166 e. The molecule has 3 heteroatoms. The third-order valence-electron chi connectivity index (χ3n) is 2.65. The molecule has 0 spiro atoms. The van der Waals surface area contributed by atoms with Gasteiger partial charge in [0.15, 0.2) is 5.79 Å². The second kappa shape index (κ2) is 5.94. The Hall–Kier alpha value is 0.210. The number of hydrogen-bond acceptors (Lipinski definition) is 2. The number of rotatable bonds is 6. The highest BCUT2D eigenvalue weighted by atomic mass is 35.5. The first-order valence-electron chi connectivity index (χ1n) is 5.58. The SMILES string of the molecule is CCCCCC[C@@]1(C)OC[C@H](CCl)O1. The fraction of sp³-hybridized carbons (Fsp3) is 1.00. The molecule has 1 fully saturated rings. The Balaban J connectivity index is 2.16. The van der Waals surface area contributed by atoms with E-state index in [2.05, 4.69) is 6.92 Å². The molecule has 1 aliphatic rings. The standard InChI is InChI=1S/C11H21ClO2/c1-3-4-5-6-7-11(2)13-9-10(8-12)14-11/h10H,3-9H2,1-2H3/t10-,11-/m0/s1. The van der Waals surface area contributed by atoms with Crippen LogP contribution in [0.5, 0.6) is 0 Å². The number of ether oxygens (including phenoxy) is 2. The highest BCUT2D eigenvalue weighted by Gasteiger charge is 2.35. The molecule has 0 amide bonds. The molecule has 0 bridgehead atoms. The van der Waals surface area contributed by atoms with Gasteiger partial charge >= 0.3 is 0 Å². The van der Waals surface area contributed by atoms with Gasteiger partial charge in [0, 0.05) is 6.42 Å². The topological polar surface area (TPSA) is 18.5 Å². The van der Waals surface area contributed by atoms with Gasteiger partial charge in [0.1, 0.15) is 0 Å². The summed E-state index contributed by atoms with van der Waals surface area (Å²) < 4.78 is 11.3. The quantitative estimate of drug-likeness (QED) is 0.505. The second-order valence-corrected chi connectivity index (χ2v) is 4.46. The van der Waals surface area contributed by atoms with Crippen molar-refractivity contribution in [2.45, 2.75) is 57.8 Å². The molecule has 0 aromatic rings. The molecule has 0 radical (unpaired) electrons. The van der Waals surface area contributed by atoms with E-state index in [1.54, 1.807) is 0 Å². The average molecular weight is 221 g/mol. The van der Waals surface area contributed by atoms with Crippen molar-refractivity contribution in [2.75, 3.05) is 12.5 Å². The highest BCUT2D eigenvalue weighted by Crippen LogP contribution is 2.29. The first-order chi connectivity index (χ1) is 6.70. The first-order valence-corrected chi connectivity index (χ1v) is 6.11. The molecule has 2 nitrogen and oxygen atoms in total. The lowest BCUT2D eigenvalue weighted by Gasteiger charge is -2.22. The van der Waals surface area contributed by atoms with Gasteiger partial charge in [0.05, 0.1) is 18.6 Å². The minimum Gasteiger partial charge on any atom is -0.347 e. The Morgan fingerprint density at radius 1 is 1.36 bits per heavy atom. The molecule has 14 heavy (non-hydrogen) atoms. The zero-order valence-corrected chi connectivity index (χ0v) is 9.98. The fourth-order valence-corrected chi connectivity index (χ4v) is 1.92. The average Bonchev–Trinajstić information content (AvgIpc) is 2.56. The summed E-state index contributed by atoms with van der Waals surface area (Å²) in [4.78, 5) is 0. The summed E-state index contributed by atoms with van der Waals surface area (Å²) in [5.74, 6) is 0.165. The molecule has 1 saturated heterocycles. The van der Waals surface area contributed by atoms with Crippen LogP contribution >= 0.6 is 11.6 Å². The Labute approximate surface area is 91.9 Å². The van der Waals surface area contributed by atoms with E-state index in [1.807, 2.05) is 6.92 Å². The van der Waals surface area contributed by atoms with Gasteiger partial charge in [-0.15, -0.1) is 11.6 Å². The van der Waals surface area contributed by atoms with E-state index in [9.17, 15) is 0 Å². The van der Waals surface area contributed by atoms with Crippen LogP contribution in [0.1, 0.15) is 46.0 Å². The molecule has 0 aromatic carbocycles. The summed E-state index contributed by atoms with van der Waals surface area (Å²) in [6.45, 7) is 4.88. The van der Waals surface area contributed by atoms with E-state index >= 15 is 0 Å². The van der Waals surface area contributed by atoms with Crippen LogP contribution in [0.15, 0.2) is 0 Å². The molecule has 1 heterocycles. The maximum absolute atomic E-state index is 5.72. The van der Waals surface area contributed by atoms with Crippen LogP contribution in [0.3, 0.4) is 0 Å². The van der Waals surface area contributed by atoms with Crippen LogP contribution in [0, 0.1) is 0 Å². The largest absolute Gasteiger partial charge is 0.347 e. The van der Waals surface area contributed by atoms with E-state index in [0.29, 0.717) is 12.5 Å². The van der Waals surface area contributed by atoms with Crippen molar-refractivity contribution in [1.82, 2.24) is 0 Å². The lowest BCUT2D eigenvalue weighted by atomic mass is 10.1. The molecule has 0 aromatic heterocycles. The van der Waals surface area contributed by atoms with Gasteiger partial charge in [-0.3, -0.25) is 0 Å². The van der Waals surface area contributed by atoms with Crippen LogP contribution < -0.4 is 0 Å². The number of unbranched alkanes of at least 4 members (excludes halogenated alkanes) is 3.